The van der Waals surface area contributed by atoms with Crippen LogP contribution in [0.2, 0.25) is 0 Å². The van der Waals surface area contributed by atoms with Gasteiger partial charge in [-0.2, -0.15) is 0 Å². The molecular weight excluding hydrogens is 636 g/mol. The highest BCUT2D eigenvalue weighted by Crippen LogP contribution is 2.44. The van der Waals surface area contributed by atoms with Crippen molar-refractivity contribution in [3.05, 3.63) is 145 Å². The molecule has 0 amide bonds. The summed E-state index contributed by atoms with van der Waals surface area (Å²) in [6.07, 6.45) is 0. The fraction of sp³-hybridized carbons (Fsp3) is 0.160. The van der Waals surface area contributed by atoms with Crippen LogP contribution in [0.25, 0.3) is 71.3 Å². The lowest BCUT2D eigenvalue weighted by molar-refractivity contribution is 0.590. The highest BCUT2D eigenvalue weighted by Gasteiger charge is 2.38. The summed E-state index contributed by atoms with van der Waals surface area (Å²) in [6, 6.07) is 51.7. The summed E-state index contributed by atoms with van der Waals surface area (Å²) in [6.45, 7) is 13.8. The molecule has 2 aliphatic heterocycles. The Labute approximate surface area is 313 Å². The minimum atomic E-state index is 0.0966. The second-order valence-electron chi connectivity index (χ2n) is 17.8. The quantitative estimate of drug-likeness (QED) is 0.130. The molecule has 8 aromatic carbocycles. The Kier molecular flexibility index (Phi) is 6.17. The van der Waals surface area contributed by atoms with Crippen molar-refractivity contribution < 1.29 is 0 Å². The maximum absolute atomic E-state index is 2.67. The second kappa shape index (κ2) is 10.5. The van der Waals surface area contributed by atoms with E-state index in [-0.39, 0.29) is 17.5 Å². The molecule has 11 rings (SSSR count). The van der Waals surface area contributed by atoms with Crippen LogP contribution in [0.15, 0.2) is 133 Å². The van der Waals surface area contributed by atoms with Gasteiger partial charge >= 0.3 is 0 Å². The van der Waals surface area contributed by atoms with E-state index >= 15 is 0 Å². The van der Waals surface area contributed by atoms with E-state index < -0.39 is 0 Å². The van der Waals surface area contributed by atoms with Crippen LogP contribution in [0.5, 0.6) is 0 Å². The molecule has 0 atom stereocenters. The average molecular weight is 678 g/mol. The van der Waals surface area contributed by atoms with Gasteiger partial charge < -0.3 is 4.57 Å². The Morgan fingerprint density at radius 1 is 0.453 bits per heavy atom. The minimum Gasteiger partial charge on any atom is -0.311 e. The molecule has 0 unspecified atom stereocenters. The smallest absolute Gasteiger partial charge is 0.246 e. The van der Waals surface area contributed by atoms with Crippen molar-refractivity contribution in [3.8, 4) is 27.9 Å². The highest BCUT2D eigenvalue weighted by atomic mass is 15.0. The molecule has 1 aromatic heterocycles. The van der Waals surface area contributed by atoms with Crippen molar-refractivity contribution in [2.24, 2.45) is 0 Å². The molecular formula is C50H41B2N. The molecule has 0 N–H and O–H groups in total. The van der Waals surface area contributed by atoms with Gasteiger partial charge in [0.2, 0.25) is 6.71 Å². The molecule has 1 nitrogen and oxygen atoms in total. The topological polar surface area (TPSA) is 4.93 Å². The van der Waals surface area contributed by atoms with E-state index in [0.29, 0.717) is 0 Å². The van der Waals surface area contributed by atoms with Crippen molar-refractivity contribution in [3.63, 3.8) is 0 Å². The molecule has 0 saturated carbocycles. The average Bonchev–Trinajstić information content (AvgIpc) is 3.53. The first-order chi connectivity index (χ1) is 25.5. The van der Waals surface area contributed by atoms with Crippen LogP contribution >= 0.6 is 0 Å². The van der Waals surface area contributed by atoms with Crippen LogP contribution < -0.4 is 27.3 Å². The number of fused-ring (bicyclic) bond motifs is 3. The molecule has 0 spiro atoms. The molecule has 53 heavy (non-hydrogen) atoms. The van der Waals surface area contributed by atoms with Gasteiger partial charge in [0.1, 0.15) is 0 Å². The largest absolute Gasteiger partial charge is 0.311 e. The van der Waals surface area contributed by atoms with Gasteiger partial charge in [-0.15, -0.1) is 0 Å². The normalized spacial score (nSPS) is 13.6. The van der Waals surface area contributed by atoms with Crippen LogP contribution in [-0.2, 0) is 10.8 Å². The van der Waals surface area contributed by atoms with Crippen molar-refractivity contribution in [2.75, 3.05) is 0 Å². The summed E-state index contributed by atoms with van der Waals surface area (Å²) in [4.78, 5) is 0. The summed E-state index contributed by atoms with van der Waals surface area (Å²) < 4.78 is 2.67. The van der Waals surface area contributed by atoms with Crippen molar-refractivity contribution in [2.45, 2.75) is 52.4 Å². The second-order valence-corrected chi connectivity index (χ2v) is 17.8. The number of aromatic nitrogens is 1. The summed E-state index contributed by atoms with van der Waals surface area (Å²) in [5.41, 5.74) is 19.2. The Bertz CT molecular complexity index is 2890. The number of benzene rings is 8. The molecule has 0 fully saturated rings. The number of rotatable bonds is 3. The molecule has 252 valence electrons. The lowest BCUT2D eigenvalue weighted by Gasteiger charge is -2.32. The Morgan fingerprint density at radius 3 is 1.60 bits per heavy atom. The third-order valence-electron chi connectivity index (χ3n) is 12.5. The van der Waals surface area contributed by atoms with E-state index in [2.05, 4.69) is 180 Å². The van der Waals surface area contributed by atoms with Crippen molar-refractivity contribution in [1.82, 2.24) is 4.57 Å². The maximum atomic E-state index is 2.67. The standard InChI is InChI=1S/C50H41B2N/c1-49(2,3)33-18-14-29(15-19-33)31-26-32(30-16-20-34(21-17-30)50(4,5)6)28-35(27-31)52-42-13-9-12-40-46(42)53-47-41(51-40)24-22-38-36-10-7-8-11-37(36)39-23-25-43(52)48(53)45(39)44(38)47/h7-28,51H,1-6H3. The molecule has 9 aromatic rings. The minimum absolute atomic E-state index is 0.0966. The van der Waals surface area contributed by atoms with Gasteiger partial charge in [0.15, 0.2) is 7.28 Å². The first-order valence-corrected chi connectivity index (χ1v) is 19.3. The van der Waals surface area contributed by atoms with Gasteiger partial charge in [-0.25, -0.2) is 0 Å². The summed E-state index contributed by atoms with van der Waals surface area (Å²) >= 11 is 0. The molecule has 0 aliphatic carbocycles. The molecule has 3 heterocycles. The van der Waals surface area contributed by atoms with Crippen LogP contribution in [0.3, 0.4) is 0 Å². The van der Waals surface area contributed by atoms with Gasteiger partial charge in [-0.05, 0) is 82.7 Å². The third-order valence-corrected chi connectivity index (χ3v) is 12.5. The first kappa shape index (κ1) is 31.0. The van der Waals surface area contributed by atoms with Gasteiger partial charge in [-0.1, -0.05) is 185 Å². The van der Waals surface area contributed by atoms with Gasteiger partial charge in [-0.3, -0.25) is 0 Å². The van der Waals surface area contributed by atoms with E-state index in [4.69, 9.17) is 0 Å². The zero-order valence-corrected chi connectivity index (χ0v) is 31.4. The highest BCUT2D eigenvalue weighted by molar-refractivity contribution is 6.99. The number of nitrogens with zero attached hydrogens (tertiary/aromatic N) is 1. The van der Waals surface area contributed by atoms with Crippen molar-refractivity contribution in [1.29, 1.82) is 0 Å². The zero-order valence-electron chi connectivity index (χ0n) is 31.4. The number of hydrogen-bond acceptors (Lipinski definition) is 0. The Balaban J connectivity index is 1.21. The van der Waals surface area contributed by atoms with Crippen molar-refractivity contribution >= 4 is 84.7 Å². The lowest BCUT2D eigenvalue weighted by Crippen LogP contribution is -2.58. The van der Waals surface area contributed by atoms with Crippen LogP contribution in [0, 0.1) is 0 Å². The van der Waals surface area contributed by atoms with Gasteiger partial charge in [0.25, 0.3) is 0 Å². The van der Waals surface area contributed by atoms with Gasteiger partial charge in [0.05, 0.1) is 0 Å². The molecule has 0 bridgehead atoms. The zero-order chi connectivity index (χ0) is 36.0. The summed E-state index contributed by atoms with van der Waals surface area (Å²) in [5.74, 6) is 0. The fourth-order valence-corrected chi connectivity index (χ4v) is 9.83. The fourth-order valence-electron chi connectivity index (χ4n) is 9.83. The molecule has 2 aliphatic rings. The molecule has 0 radical (unpaired) electrons. The molecule has 0 saturated heterocycles. The maximum Gasteiger partial charge on any atom is 0.246 e. The number of para-hydroxylation sites is 1. The number of hydrogen-bond donors (Lipinski definition) is 0. The third kappa shape index (κ3) is 4.34. The SMILES string of the molecule is CC(C)(C)c1ccc(-c2cc(B3c4cccc5c4-n4c6c(ccc7c8ccccc8c8ccc3c4c8c76)B5)cc(-c3ccc(C(C)(C)C)cc3)c2)cc1. The predicted octanol–water partition coefficient (Wildman–Crippen LogP) is 8.99. The molecule has 3 heteroatoms. The first-order valence-electron chi connectivity index (χ1n) is 19.3. The van der Waals surface area contributed by atoms with Crippen LogP contribution in [0.1, 0.15) is 52.7 Å². The van der Waals surface area contributed by atoms with Crippen LogP contribution in [-0.4, -0.2) is 18.6 Å². The van der Waals surface area contributed by atoms with E-state index in [0.717, 1.165) is 7.28 Å². The summed E-state index contributed by atoms with van der Waals surface area (Å²) in [5, 5.41) is 8.28. The van der Waals surface area contributed by atoms with E-state index in [1.807, 2.05) is 0 Å². The predicted molar refractivity (Wildman–Crippen MR) is 233 cm³/mol. The van der Waals surface area contributed by atoms with E-state index in [1.54, 1.807) is 0 Å². The van der Waals surface area contributed by atoms with E-state index in [1.165, 1.54) is 110 Å². The lowest BCUT2D eigenvalue weighted by atomic mass is 9.34. The summed E-state index contributed by atoms with van der Waals surface area (Å²) in [7, 11) is 0.959. The van der Waals surface area contributed by atoms with E-state index in [9.17, 15) is 0 Å². The van der Waals surface area contributed by atoms with Crippen LogP contribution in [0.4, 0.5) is 0 Å². The monoisotopic (exact) mass is 677 g/mol. The Hall–Kier alpha value is -5.53. The van der Waals surface area contributed by atoms with Gasteiger partial charge in [0, 0.05) is 27.5 Å². The Morgan fingerprint density at radius 2 is 1.02 bits per heavy atom.